The molecule has 0 aliphatic heterocycles. The Bertz CT molecular complexity index is 191. The van der Waals surface area contributed by atoms with Crippen molar-refractivity contribution in [2.24, 2.45) is 0 Å². The van der Waals surface area contributed by atoms with Gasteiger partial charge in [0.25, 0.3) is 0 Å². The van der Waals surface area contributed by atoms with Crippen molar-refractivity contribution >= 4 is 5.95 Å². The normalized spacial score (nSPS) is 9.67. The van der Waals surface area contributed by atoms with Gasteiger partial charge < -0.3 is 9.88 Å². The summed E-state index contributed by atoms with van der Waals surface area (Å²) in [6, 6.07) is 0. The summed E-state index contributed by atoms with van der Waals surface area (Å²) < 4.78 is 0. The summed E-state index contributed by atoms with van der Waals surface area (Å²) in [6.07, 6.45) is 0. The number of aromatic amines is 1. The minimum absolute atomic E-state index is 0.799. The molecule has 1 rings (SSSR count). The number of aryl methyl sites for hydroxylation is 1. The Balaban J connectivity index is 2.85. The Labute approximate surface area is 53.9 Å². The molecule has 0 unspecified atom stereocenters. The molecule has 0 aromatic carbocycles. The molecule has 0 atom stereocenters. The zero-order valence-electron chi connectivity index (χ0n) is 5.84. The van der Waals surface area contributed by atoms with Gasteiger partial charge in [-0.25, -0.2) is 0 Å². The lowest BCUT2D eigenvalue weighted by molar-refractivity contribution is 0.993. The van der Waals surface area contributed by atoms with E-state index < -0.39 is 0 Å². The van der Waals surface area contributed by atoms with E-state index >= 15 is 0 Å². The van der Waals surface area contributed by atoms with Crippen LogP contribution in [-0.2, 0) is 0 Å². The van der Waals surface area contributed by atoms with Gasteiger partial charge in [-0.05, 0) is 6.92 Å². The summed E-state index contributed by atoms with van der Waals surface area (Å²) in [5, 5.41) is 7.63. The van der Waals surface area contributed by atoms with E-state index in [-0.39, 0.29) is 0 Å². The Kier molecular flexibility index (Phi) is 1.38. The van der Waals surface area contributed by atoms with Crippen LogP contribution in [0.1, 0.15) is 5.82 Å². The molecular weight excluding hydrogens is 116 g/mol. The average molecular weight is 126 g/mol. The smallest absolute Gasteiger partial charge is 0.224 e. The van der Waals surface area contributed by atoms with Crippen LogP contribution in [0.2, 0.25) is 0 Å². The third-order valence-electron chi connectivity index (χ3n) is 1.01. The minimum Gasteiger partial charge on any atom is -0.347 e. The van der Waals surface area contributed by atoms with Gasteiger partial charge in [0.1, 0.15) is 5.82 Å². The van der Waals surface area contributed by atoms with Gasteiger partial charge in [-0.15, -0.1) is 10.2 Å². The van der Waals surface area contributed by atoms with Crippen molar-refractivity contribution in [2.75, 3.05) is 19.0 Å². The molecule has 0 aliphatic carbocycles. The molecule has 1 N–H and O–H groups in total. The van der Waals surface area contributed by atoms with E-state index in [9.17, 15) is 0 Å². The van der Waals surface area contributed by atoms with Crippen LogP contribution in [0.15, 0.2) is 0 Å². The van der Waals surface area contributed by atoms with Gasteiger partial charge in [0.05, 0.1) is 0 Å². The topological polar surface area (TPSA) is 44.8 Å². The first-order valence-corrected chi connectivity index (χ1v) is 2.77. The zero-order valence-corrected chi connectivity index (χ0v) is 5.84. The lowest BCUT2D eigenvalue weighted by Gasteiger charge is -2.04. The highest BCUT2D eigenvalue weighted by atomic mass is 15.3. The summed E-state index contributed by atoms with van der Waals surface area (Å²) in [6.45, 7) is 1.88. The Hall–Kier alpha value is -1.06. The molecule has 1 aromatic rings. The number of hydrogen-bond acceptors (Lipinski definition) is 3. The Morgan fingerprint density at radius 3 is 2.22 bits per heavy atom. The lowest BCUT2D eigenvalue weighted by Crippen LogP contribution is -2.10. The molecule has 4 heteroatoms. The van der Waals surface area contributed by atoms with Crippen LogP contribution < -0.4 is 4.90 Å². The quantitative estimate of drug-likeness (QED) is 0.583. The first kappa shape index (κ1) is 6.07. The molecule has 0 radical (unpaired) electrons. The van der Waals surface area contributed by atoms with Crippen molar-refractivity contribution < 1.29 is 0 Å². The van der Waals surface area contributed by atoms with Gasteiger partial charge in [-0.3, -0.25) is 0 Å². The van der Waals surface area contributed by atoms with E-state index in [0.29, 0.717) is 0 Å². The van der Waals surface area contributed by atoms with Crippen molar-refractivity contribution in [2.45, 2.75) is 6.92 Å². The van der Waals surface area contributed by atoms with Gasteiger partial charge in [-0.1, -0.05) is 0 Å². The maximum absolute atomic E-state index is 3.84. The molecule has 9 heavy (non-hydrogen) atoms. The molecule has 0 saturated carbocycles. The van der Waals surface area contributed by atoms with Gasteiger partial charge >= 0.3 is 0 Å². The molecule has 1 aromatic heterocycles. The van der Waals surface area contributed by atoms with Crippen molar-refractivity contribution in [3.8, 4) is 0 Å². The van der Waals surface area contributed by atoms with Gasteiger partial charge in [0.15, 0.2) is 0 Å². The maximum atomic E-state index is 3.84. The molecule has 0 aliphatic rings. The predicted molar refractivity (Wildman–Crippen MR) is 35.4 cm³/mol. The number of anilines is 1. The van der Waals surface area contributed by atoms with E-state index in [1.165, 1.54) is 0 Å². The first-order chi connectivity index (χ1) is 4.20. The van der Waals surface area contributed by atoms with Gasteiger partial charge in [0, 0.05) is 14.1 Å². The summed E-state index contributed by atoms with van der Waals surface area (Å²) in [4.78, 5) is 4.85. The number of H-pyrrole nitrogens is 1. The van der Waals surface area contributed by atoms with Crippen molar-refractivity contribution in [1.29, 1.82) is 0 Å². The van der Waals surface area contributed by atoms with Gasteiger partial charge in [-0.2, -0.15) is 0 Å². The number of hydrogen-bond donors (Lipinski definition) is 1. The fourth-order valence-corrected chi connectivity index (χ4v) is 0.535. The minimum atomic E-state index is 0.799. The zero-order chi connectivity index (χ0) is 6.85. The van der Waals surface area contributed by atoms with E-state index in [2.05, 4.69) is 15.2 Å². The van der Waals surface area contributed by atoms with Crippen molar-refractivity contribution in [3.63, 3.8) is 0 Å². The molecule has 0 fully saturated rings. The molecular formula is C5H10N4. The van der Waals surface area contributed by atoms with Crippen LogP contribution in [0.4, 0.5) is 5.95 Å². The van der Waals surface area contributed by atoms with Gasteiger partial charge in [0.2, 0.25) is 5.95 Å². The molecule has 0 bridgehead atoms. The average Bonchev–Trinajstić information content (AvgIpc) is 2.14. The lowest BCUT2D eigenvalue weighted by atomic mass is 10.7. The van der Waals surface area contributed by atoms with Crippen LogP contribution in [0.3, 0.4) is 0 Å². The van der Waals surface area contributed by atoms with E-state index in [0.717, 1.165) is 11.8 Å². The predicted octanol–water partition coefficient (Wildman–Crippen LogP) is 0.179. The molecule has 1 heterocycles. The molecule has 0 spiro atoms. The number of rotatable bonds is 1. The van der Waals surface area contributed by atoms with Crippen LogP contribution in [0.5, 0.6) is 0 Å². The first-order valence-electron chi connectivity index (χ1n) is 2.77. The fourth-order valence-electron chi connectivity index (χ4n) is 0.535. The summed E-state index contributed by atoms with van der Waals surface area (Å²) in [7, 11) is 3.83. The van der Waals surface area contributed by atoms with E-state index in [4.69, 9.17) is 0 Å². The third kappa shape index (κ3) is 1.19. The largest absolute Gasteiger partial charge is 0.347 e. The maximum Gasteiger partial charge on any atom is 0.224 e. The van der Waals surface area contributed by atoms with Crippen LogP contribution in [0, 0.1) is 6.92 Å². The second kappa shape index (κ2) is 2.05. The fraction of sp³-hybridized carbons (Fsp3) is 0.600. The summed E-state index contributed by atoms with van der Waals surface area (Å²) >= 11 is 0. The number of nitrogens with zero attached hydrogens (tertiary/aromatic N) is 3. The second-order valence-electron chi connectivity index (χ2n) is 2.13. The molecule has 0 amide bonds. The number of aromatic nitrogens is 3. The monoisotopic (exact) mass is 126 g/mol. The Morgan fingerprint density at radius 2 is 2.00 bits per heavy atom. The van der Waals surface area contributed by atoms with Crippen LogP contribution >= 0.6 is 0 Å². The van der Waals surface area contributed by atoms with Crippen molar-refractivity contribution in [3.05, 3.63) is 5.82 Å². The number of nitrogens with one attached hydrogen (secondary N) is 1. The van der Waals surface area contributed by atoms with Crippen molar-refractivity contribution in [1.82, 2.24) is 15.2 Å². The third-order valence-corrected chi connectivity index (χ3v) is 1.01. The summed E-state index contributed by atoms with van der Waals surface area (Å²) in [5.41, 5.74) is 0. The highest BCUT2D eigenvalue weighted by molar-refractivity contribution is 5.24. The van der Waals surface area contributed by atoms with Crippen LogP contribution in [-0.4, -0.2) is 29.3 Å². The second-order valence-corrected chi connectivity index (χ2v) is 2.13. The van der Waals surface area contributed by atoms with E-state index in [1.807, 2.05) is 25.9 Å². The molecule has 50 valence electrons. The summed E-state index contributed by atoms with van der Waals surface area (Å²) in [5.74, 6) is 1.64. The highest BCUT2D eigenvalue weighted by Gasteiger charge is 1.97. The Morgan fingerprint density at radius 1 is 1.33 bits per heavy atom. The standard InChI is InChI=1S/C5H10N4/c1-4-6-5(8-7-4)9(2)3/h1-3H3,(H,6,7,8). The van der Waals surface area contributed by atoms with E-state index in [1.54, 1.807) is 0 Å². The molecule has 0 saturated heterocycles. The highest BCUT2D eigenvalue weighted by Crippen LogP contribution is 1.99. The SMILES string of the molecule is Cc1nnc(N(C)C)[nH]1. The molecule has 4 nitrogen and oxygen atoms in total. The van der Waals surface area contributed by atoms with Crippen LogP contribution in [0.25, 0.3) is 0 Å².